The van der Waals surface area contributed by atoms with Gasteiger partial charge in [0.05, 0.1) is 30.5 Å². The Morgan fingerprint density at radius 2 is 1.35 bits per heavy atom. The first-order chi connectivity index (χ1) is 16.5. The summed E-state index contributed by atoms with van der Waals surface area (Å²) in [4.78, 5) is 27.0. The molecule has 34 heavy (non-hydrogen) atoms. The third-order valence-electron chi connectivity index (χ3n) is 5.01. The number of hydrogen-bond donors (Lipinski definition) is 2. The molecule has 0 saturated carbocycles. The van der Waals surface area contributed by atoms with Gasteiger partial charge in [0.1, 0.15) is 11.5 Å². The van der Waals surface area contributed by atoms with Crippen molar-refractivity contribution in [1.29, 1.82) is 0 Å². The van der Waals surface area contributed by atoms with Gasteiger partial charge in [0.2, 0.25) is 0 Å². The van der Waals surface area contributed by atoms with E-state index in [0.29, 0.717) is 38.3 Å². The Kier molecular flexibility index (Phi) is 7.15. The maximum Gasteiger partial charge on any atom is 0.265 e. The maximum absolute atomic E-state index is 12.9. The van der Waals surface area contributed by atoms with Crippen molar-refractivity contribution < 1.29 is 19.1 Å². The summed E-state index contributed by atoms with van der Waals surface area (Å²) in [6.07, 6.45) is 0. The van der Waals surface area contributed by atoms with Gasteiger partial charge < -0.3 is 20.1 Å². The van der Waals surface area contributed by atoms with Crippen LogP contribution in [0.4, 0.5) is 11.4 Å². The maximum atomic E-state index is 12.9. The molecule has 0 unspecified atom stereocenters. The van der Waals surface area contributed by atoms with Crippen LogP contribution in [0, 0.1) is 0 Å². The number of amides is 2. The molecule has 0 atom stereocenters. The second-order valence-electron chi connectivity index (χ2n) is 7.20. The third-order valence-corrected chi connectivity index (χ3v) is 6.40. The van der Waals surface area contributed by atoms with Crippen LogP contribution in [0.15, 0.2) is 78.9 Å². The summed E-state index contributed by atoms with van der Waals surface area (Å²) in [7, 11) is 2.98. The van der Waals surface area contributed by atoms with Crippen molar-refractivity contribution >= 4 is 46.1 Å². The molecule has 8 heteroatoms. The highest BCUT2D eigenvalue weighted by atomic mass is 35.5. The molecule has 1 aromatic heterocycles. The van der Waals surface area contributed by atoms with Gasteiger partial charge in [0.15, 0.2) is 0 Å². The first-order valence-corrected chi connectivity index (χ1v) is 11.5. The smallest absolute Gasteiger partial charge is 0.265 e. The molecule has 0 saturated heterocycles. The fourth-order valence-electron chi connectivity index (χ4n) is 3.29. The Balaban J connectivity index is 1.55. The molecular weight excluding hydrogens is 472 g/mol. The molecule has 0 aliphatic rings. The summed E-state index contributed by atoms with van der Waals surface area (Å²) >= 11 is 7.33. The number of methoxy groups -OCH3 is 2. The van der Waals surface area contributed by atoms with Gasteiger partial charge in [-0.1, -0.05) is 41.9 Å². The summed E-state index contributed by atoms with van der Waals surface area (Å²) in [5, 5.41) is 6.35. The minimum atomic E-state index is -0.286. The van der Waals surface area contributed by atoms with Gasteiger partial charge in [-0.15, -0.1) is 11.3 Å². The Hall–Kier alpha value is -3.81. The van der Waals surface area contributed by atoms with E-state index in [2.05, 4.69) is 10.6 Å². The van der Waals surface area contributed by atoms with Gasteiger partial charge in [-0.2, -0.15) is 0 Å². The van der Waals surface area contributed by atoms with Crippen molar-refractivity contribution in [2.75, 3.05) is 24.9 Å². The lowest BCUT2D eigenvalue weighted by atomic mass is 10.2. The summed E-state index contributed by atoms with van der Waals surface area (Å²) in [6.45, 7) is 0. The van der Waals surface area contributed by atoms with Crippen molar-refractivity contribution in [3.05, 3.63) is 94.3 Å². The zero-order valence-corrected chi connectivity index (χ0v) is 20.0. The zero-order valence-electron chi connectivity index (χ0n) is 18.4. The Morgan fingerprint density at radius 1 is 0.765 bits per heavy atom. The molecule has 0 radical (unpaired) electrons. The van der Waals surface area contributed by atoms with Crippen LogP contribution in [-0.2, 0) is 0 Å². The van der Waals surface area contributed by atoms with Gasteiger partial charge in [-0.05, 0) is 42.0 Å². The van der Waals surface area contributed by atoms with E-state index in [1.54, 1.807) is 42.5 Å². The third kappa shape index (κ3) is 5.22. The fraction of sp³-hybridized carbons (Fsp3) is 0.0769. The standard InChI is InChI=1S/C26H21ClN2O4S/c1-32-21-15-20(22(33-2)14-19(21)28-25(30)17-6-4-3-5-7-17)29-26(31)24-13-12-23(34-24)16-8-10-18(27)11-9-16/h3-15H,1-2H3,(H,28,30)(H,29,31). The SMILES string of the molecule is COc1cc(NC(=O)c2ccc(-c3ccc(Cl)cc3)s2)c(OC)cc1NC(=O)c1ccccc1. The van der Waals surface area contributed by atoms with Crippen molar-refractivity contribution in [1.82, 2.24) is 0 Å². The summed E-state index contributed by atoms with van der Waals surface area (Å²) < 4.78 is 10.9. The summed E-state index contributed by atoms with van der Waals surface area (Å²) in [5.74, 6) is 0.193. The number of thiophene rings is 1. The fourth-order valence-corrected chi connectivity index (χ4v) is 4.32. The average Bonchev–Trinajstić information content (AvgIpc) is 3.36. The largest absolute Gasteiger partial charge is 0.494 e. The normalized spacial score (nSPS) is 10.4. The molecular formula is C26H21ClN2O4S. The first-order valence-electron chi connectivity index (χ1n) is 10.3. The predicted octanol–water partition coefficient (Wildman–Crippen LogP) is 6.59. The predicted molar refractivity (Wildman–Crippen MR) is 137 cm³/mol. The number of nitrogens with one attached hydrogen (secondary N) is 2. The highest BCUT2D eigenvalue weighted by Gasteiger charge is 2.18. The van der Waals surface area contributed by atoms with Gasteiger partial charge in [0.25, 0.3) is 11.8 Å². The minimum Gasteiger partial charge on any atom is -0.494 e. The number of halogens is 1. The minimum absolute atomic E-state index is 0.286. The van der Waals surface area contributed by atoms with Gasteiger partial charge in [-0.25, -0.2) is 0 Å². The van der Waals surface area contributed by atoms with E-state index in [9.17, 15) is 9.59 Å². The highest BCUT2D eigenvalue weighted by Crippen LogP contribution is 2.37. The molecule has 3 aromatic carbocycles. The van der Waals surface area contributed by atoms with Crippen molar-refractivity contribution in [2.45, 2.75) is 0 Å². The summed E-state index contributed by atoms with van der Waals surface area (Å²) in [5.41, 5.74) is 2.33. The number of ether oxygens (including phenoxy) is 2. The Bertz CT molecular complexity index is 1320. The molecule has 2 N–H and O–H groups in total. The number of anilines is 2. The number of benzene rings is 3. The van der Waals surface area contributed by atoms with E-state index < -0.39 is 0 Å². The number of carbonyl (C=O) groups excluding carboxylic acids is 2. The lowest BCUT2D eigenvalue weighted by Gasteiger charge is -2.16. The molecule has 0 aliphatic carbocycles. The number of hydrogen-bond acceptors (Lipinski definition) is 5. The number of rotatable bonds is 7. The van der Waals surface area contributed by atoms with Crippen molar-refractivity contribution in [2.24, 2.45) is 0 Å². The second-order valence-corrected chi connectivity index (χ2v) is 8.72. The lowest BCUT2D eigenvalue weighted by molar-refractivity contribution is 0.101. The van der Waals surface area contributed by atoms with E-state index in [-0.39, 0.29) is 11.8 Å². The number of carbonyl (C=O) groups is 2. The lowest BCUT2D eigenvalue weighted by Crippen LogP contribution is -2.14. The van der Waals surface area contributed by atoms with Crippen LogP contribution in [0.25, 0.3) is 10.4 Å². The molecule has 4 aromatic rings. The molecule has 0 fully saturated rings. The monoisotopic (exact) mass is 492 g/mol. The average molecular weight is 493 g/mol. The molecule has 172 valence electrons. The van der Waals surface area contributed by atoms with E-state index in [4.69, 9.17) is 21.1 Å². The Morgan fingerprint density at radius 3 is 1.94 bits per heavy atom. The van der Waals surface area contributed by atoms with Crippen molar-refractivity contribution in [3.63, 3.8) is 0 Å². The van der Waals surface area contributed by atoms with Crippen LogP contribution in [0.3, 0.4) is 0 Å². The van der Waals surface area contributed by atoms with Crippen molar-refractivity contribution in [3.8, 4) is 21.9 Å². The van der Waals surface area contributed by atoms with E-state index >= 15 is 0 Å². The molecule has 1 heterocycles. The van der Waals surface area contributed by atoms with Crippen LogP contribution in [-0.4, -0.2) is 26.0 Å². The van der Waals surface area contributed by atoms with E-state index in [0.717, 1.165) is 10.4 Å². The van der Waals surface area contributed by atoms with E-state index in [1.165, 1.54) is 25.6 Å². The zero-order chi connectivity index (χ0) is 24.1. The van der Waals surface area contributed by atoms with Gasteiger partial charge in [0, 0.05) is 27.6 Å². The highest BCUT2D eigenvalue weighted by molar-refractivity contribution is 7.17. The molecule has 0 bridgehead atoms. The molecule has 0 aliphatic heterocycles. The molecule has 2 amide bonds. The molecule has 4 rings (SSSR count). The van der Waals surface area contributed by atoms with Crippen LogP contribution in [0.1, 0.15) is 20.0 Å². The molecule has 0 spiro atoms. The van der Waals surface area contributed by atoms with E-state index in [1.807, 2.05) is 36.4 Å². The Labute approximate surface area is 206 Å². The quantitative estimate of drug-likeness (QED) is 0.305. The van der Waals surface area contributed by atoms with Crippen LogP contribution < -0.4 is 20.1 Å². The summed E-state index contributed by atoms with van der Waals surface area (Å²) in [6, 6.07) is 23.2. The second kappa shape index (κ2) is 10.4. The van der Waals surface area contributed by atoms with Gasteiger partial charge >= 0.3 is 0 Å². The van der Waals surface area contributed by atoms with Crippen LogP contribution >= 0.6 is 22.9 Å². The van der Waals surface area contributed by atoms with Crippen LogP contribution in [0.5, 0.6) is 11.5 Å². The molecule has 6 nitrogen and oxygen atoms in total. The first kappa shape index (κ1) is 23.4. The van der Waals surface area contributed by atoms with Gasteiger partial charge in [-0.3, -0.25) is 9.59 Å². The topological polar surface area (TPSA) is 76.7 Å². The van der Waals surface area contributed by atoms with Crippen LogP contribution in [0.2, 0.25) is 5.02 Å².